The van der Waals surface area contributed by atoms with Gasteiger partial charge in [0.1, 0.15) is 5.78 Å². The van der Waals surface area contributed by atoms with Crippen LogP contribution in [0.15, 0.2) is 12.1 Å². The van der Waals surface area contributed by atoms with Gasteiger partial charge in [0, 0.05) is 17.7 Å². The summed E-state index contributed by atoms with van der Waals surface area (Å²) in [6, 6.07) is 3.75. The summed E-state index contributed by atoms with van der Waals surface area (Å²) in [6.45, 7) is 2.01. The molecule has 1 rings (SSSR count). The summed E-state index contributed by atoms with van der Waals surface area (Å²) in [5, 5.41) is 0. The minimum absolute atomic E-state index is 0.302. The summed E-state index contributed by atoms with van der Waals surface area (Å²) in [6.07, 6.45) is 2.15. The summed E-state index contributed by atoms with van der Waals surface area (Å²) >= 11 is 7.21. The summed E-state index contributed by atoms with van der Waals surface area (Å²) in [5.74, 6) is 0.302. The number of thiophene rings is 1. The third-order valence-corrected chi connectivity index (χ3v) is 2.76. The monoisotopic (exact) mass is 202 g/mol. The Morgan fingerprint density at radius 1 is 1.58 bits per heavy atom. The molecule has 0 aliphatic carbocycles. The third-order valence-electron chi connectivity index (χ3n) is 1.53. The first-order chi connectivity index (χ1) is 5.72. The Bertz CT molecular complexity index is 267. The molecule has 0 aliphatic heterocycles. The zero-order valence-electron chi connectivity index (χ0n) is 6.97. The van der Waals surface area contributed by atoms with E-state index >= 15 is 0 Å². The van der Waals surface area contributed by atoms with Crippen molar-refractivity contribution in [3.63, 3.8) is 0 Å². The molecule has 1 heterocycles. The predicted molar refractivity (Wildman–Crippen MR) is 52.9 cm³/mol. The van der Waals surface area contributed by atoms with Crippen LogP contribution in [0.2, 0.25) is 4.34 Å². The molecule has 1 nitrogen and oxygen atoms in total. The summed E-state index contributed by atoms with van der Waals surface area (Å²) in [5.41, 5.74) is 0. The van der Waals surface area contributed by atoms with Crippen molar-refractivity contribution in [2.45, 2.75) is 26.2 Å². The van der Waals surface area contributed by atoms with E-state index in [0.29, 0.717) is 18.6 Å². The highest BCUT2D eigenvalue weighted by Crippen LogP contribution is 2.22. The number of Topliss-reactive ketones (excluding diaryl/α,β-unsaturated/α-hetero) is 1. The van der Waals surface area contributed by atoms with Crippen LogP contribution in [0.25, 0.3) is 0 Å². The number of halogens is 1. The third kappa shape index (κ3) is 2.95. The Morgan fingerprint density at radius 3 is 2.83 bits per heavy atom. The molecule has 66 valence electrons. The van der Waals surface area contributed by atoms with E-state index in [4.69, 9.17) is 11.6 Å². The molecule has 0 saturated carbocycles. The van der Waals surface area contributed by atoms with Gasteiger partial charge >= 0.3 is 0 Å². The first-order valence-electron chi connectivity index (χ1n) is 3.98. The topological polar surface area (TPSA) is 17.1 Å². The maximum atomic E-state index is 11.2. The lowest BCUT2D eigenvalue weighted by Crippen LogP contribution is -1.99. The fraction of sp³-hybridized carbons (Fsp3) is 0.444. The smallest absolute Gasteiger partial charge is 0.138 e. The van der Waals surface area contributed by atoms with Gasteiger partial charge < -0.3 is 0 Å². The van der Waals surface area contributed by atoms with Crippen molar-refractivity contribution in [2.75, 3.05) is 0 Å². The van der Waals surface area contributed by atoms with Crippen LogP contribution >= 0.6 is 22.9 Å². The van der Waals surface area contributed by atoms with E-state index in [1.54, 1.807) is 0 Å². The molecule has 0 aliphatic rings. The molecule has 0 aromatic carbocycles. The molecule has 0 unspecified atom stereocenters. The van der Waals surface area contributed by atoms with Crippen molar-refractivity contribution >= 4 is 28.7 Å². The van der Waals surface area contributed by atoms with Crippen LogP contribution in [0.5, 0.6) is 0 Å². The number of carbonyl (C=O) groups excluding carboxylic acids is 1. The minimum atomic E-state index is 0.302. The van der Waals surface area contributed by atoms with Gasteiger partial charge in [0.15, 0.2) is 0 Å². The molecule has 0 fully saturated rings. The van der Waals surface area contributed by atoms with Crippen molar-refractivity contribution in [1.29, 1.82) is 0 Å². The molecular formula is C9H11ClOS. The zero-order chi connectivity index (χ0) is 8.97. The predicted octanol–water partition coefficient (Wildman–Crippen LogP) is 3.31. The first-order valence-corrected chi connectivity index (χ1v) is 5.17. The average Bonchev–Trinajstić information content (AvgIpc) is 2.36. The zero-order valence-corrected chi connectivity index (χ0v) is 8.54. The SMILES string of the molecule is CCCC(=O)Cc1ccc(Cl)s1. The molecule has 1 aromatic heterocycles. The number of carbonyl (C=O) groups is 1. The summed E-state index contributed by atoms with van der Waals surface area (Å²) in [4.78, 5) is 12.3. The van der Waals surface area contributed by atoms with Gasteiger partial charge in [0.25, 0.3) is 0 Å². The van der Waals surface area contributed by atoms with E-state index in [1.165, 1.54) is 11.3 Å². The number of rotatable bonds is 4. The van der Waals surface area contributed by atoms with Gasteiger partial charge in [0.2, 0.25) is 0 Å². The van der Waals surface area contributed by atoms with Gasteiger partial charge in [-0.3, -0.25) is 4.79 Å². The van der Waals surface area contributed by atoms with Crippen molar-refractivity contribution in [3.8, 4) is 0 Å². The molecule has 0 saturated heterocycles. The second-order valence-corrected chi connectivity index (χ2v) is 4.47. The Morgan fingerprint density at radius 2 is 2.33 bits per heavy atom. The highest BCUT2D eigenvalue weighted by molar-refractivity contribution is 7.16. The molecule has 0 radical (unpaired) electrons. The van der Waals surface area contributed by atoms with Crippen molar-refractivity contribution in [2.24, 2.45) is 0 Å². The van der Waals surface area contributed by atoms with Crippen molar-refractivity contribution in [1.82, 2.24) is 0 Å². The molecule has 0 spiro atoms. The average molecular weight is 203 g/mol. The Hall–Kier alpha value is -0.340. The van der Waals surface area contributed by atoms with Gasteiger partial charge in [-0.25, -0.2) is 0 Å². The molecule has 1 aromatic rings. The van der Waals surface area contributed by atoms with Crippen LogP contribution < -0.4 is 0 Å². The molecular weight excluding hydrogens is 192 g/mol. The number of hydrogen-bond acceptors (Lipinski definition) is 2. The summed E-state index contributed by atoms with van der Waals surface area (Å²) < 4.78 is 0.759. The van der Waals surface area contributed by atoms with Crippen LogP contribution in [0, 0.1) is 0 Å². The number of hydrogen-bond donors (Lipinski definition) is 0. The van der Waals surface area contributed by atoms with Gasteiger partial charge in [0.05, 0.1) is 4.34 Å². The fourth-order valence-corrected chi connectivity index (χ4v) is 2.12. The maximum absolute atomic E-state index is 11.2. The van der Waals surface area contributed by atoms with Crippen LogP contribution in [0.1, 0.15) is 24.6 Å². The van der Waals surface area contributed by atoms with Crippen LogP contribution in [-0.2, 0) is 11.2 Å². The minimum Gasteiger partial charge on any atom is -0.299 e. The van der Waals surface area contributed by atoms with E-state index in [2.05, 4.69) is 0 Å². The van der Waals surface area contributed by atoms with Gasteiger partial charge in [-0.2, -0.15) is 0 Å². The Labute approximate surface area is 81.4 Å². The van der Waals surface area contributed by atoms with E-state index in [1.807, 2.05) is 19.1 Å². The Balaban J connectivity index is 2.46. The highest BCUT2D eigenvalue weighted by Gasteiger charge is 2.04. The molecule has 0 N–H and O–H groups in total. The van der Waals surface area contributed by atoms with Crippen molar-refractivity contribution in [3.05, 3.63) is 21.3 Å². The van der Waals surface area contributed by atoms with Gasteiger partial charge in [-0.05, 0) is 18.6 Å². The molecule has 3 heteroatoms. The number of ketones is 1. The second-order valence-electron chi connectivity index (χ2n) is 2.67. The van der Waals surface area contributed by atoms with E-state index < -0.39 is 0 Å². The standard InChI is InChI=1S/C9H11ClOS/c1-2-3-7(11)6-8-4-5-9(10)12-8/h4-5H,2-3,6H2,1H3. The molecule has 0 bridgehead atoms. The van der Waals surface area contributed by atoms with Gasteiger partial charge in [-0.1, -0.05) is 18.5 Å². The summed E-state index contributed by atoms with van der Waals surface area (Å²) in [7, 11) is 0. The lowest BCUT2D eigenvalue weighted by molar-refractivity contribution is -0.118. The van der Waals surface area contributed by atoms with Crippen molar-refractivity contribution < 1.29 is 4.79 Å². The maximum Gasteiger partial charge on any atom is 0.138 e. The lowest BCUT2D eigenvalue weighted by Gasteiger charge is -1.93. The fourth-order valence-electron chi connectivity index (χ4n) is 1.01. The van der Waals surface area contributed by atoms with E-state index in [0.717, 1.165) is 15.6 Å². The largest absolute Gasteiger partial charge is 0.299 e. The van der Waals surface area contributed by atoms with Gasteiger partial charge in [-0.15, -0.1) is 11.3 Å². The second kappa shape index (κ2) is 4.63. The quantitative estimate of drug-likeness (QED) is 0.732. The first kappa shape index (κ1) is 9.75. The van der Waals surface area contributed by atoms with E-state index in [-0.39, 0.29) is 0 Å². The van der Waals surface area contributed by atoms with Crippen LogP contribution in [0.4, 0.5) is 0 Å². The highest BCUT2D eigenvalue weighted by atomic mass is 35.5. The normalized spacial score (nSPS) is 10.2. The molecule has 0 atom stereocenters. The Kier molecular flexibility index (Phi) is 3.76. The molecule has 0 amide bonds. The van der Waals surface area contributed by atoms with E-state index in [9.17, 15) is 4.79 Å². The molecule has 12 heavy (non-hydrogen) atoms. The van der Waals surface area contributed by atoms with Crippen LogP contribution in [0.3, 0.4) is 0 Å². The van der Waals surface area contributed by atoms with Crippen LogP contribution in [-0.4, -0.2) is 5.78 Å². The lowest BCUT2D eigenvalue weighted by atomic mass is 10.1.